The van der Waals surface area contributed by atoms with Crippen molar-refractivity contribution in [2.24, 2.45) is 17.1 Å². The zero-order chi connectivity index (χ0) is 11.8. The van der Waals surface area contributed by atoms with Gasteiger partial charge < -0.3 is 10.8 Å². The second kappa shape index (κ2) is 4.07. The van der Waals surface area contributed by atoms with Gasteiger partial charge in [0.15, 0.2) is 0 Å². The number of amides is 1. The number of hydrogen-bond acceptors (Lipinski definition) is 2. The Kier molecular flexibility index (Phi) is 2.91. The molecule has 3 nitrogen and oxygen atoms in total. The van der Waals surface area contributed by atoms with Gasteiger partial charge in [-0.3, -0.25) is 4.79 Å². The fourth-order valence-corrected chi connectivity index (χ4v) is 2.61. The summed E-state index contributed by atoms with van der Waals surface area (Å²) in [6, 6.07) is 9.54. The Morgan fingerprint density at radius 3 is 2.62 bits per heavy atom. The molecular weight excluding hydrogens is 226 g/mol. The lowest BCUT2D eigenvalue weighted by atomic mass is 9.99. The number of benzene rings is 1. The second-order valence-electron chi connectivity index (χ2n) is 4.30. The van der Waals surface area contributed by atoms with Crippen LogP contribution >= 0.6 is 11.6 Å². The van der Waals surface area contributed by atoms with E-state index >= 15 is 0 Å². The Hall–Kier alpha value is -1.06. The van der Waals surface area contributed by atoms with Crippen LogP contribution in [0.1, 0.15) is 17.4 Å². The number of hydrogen-bond donors (Lipinski definition) is 2. The van der Waals surface area contributed by atoms with E-state index in [0.29, 0.717) is 6.42 Å². The molecule has 0 radical (unpaired) electrons. The first kappa shape index (κ1) is 11.4. The minimum absolute atomic E-state index is 0.0564. The van der Waals surface area contributed by atoms with Gasteiger partial charge in [0.05, 0.1) is 17.4 Å². The molecule has 0 saturated heterocycles. The molecule has 2 rings (SSSR count). The maximum Gasteiger partial charge on any atom is 0.226 e. The highest BCUT2D eigenvalue weighted by atomic mass is 35.5. The molecule has 0 aliphatic heterocycles. The van der Waals surface area contributed by atoms with Crippen molar-refractivity contribution < 1.29 is 9.90 Å². The Labute approximate surface area is 99.2 Å². The van der Waals surface area contributed by atoms with E-state index in [9.17, 15) is 9.90 Å². The van der Waals surface area contributed by atoms with Gasteiger partial charge in [-0.2, -0.15) is 0 Å². The number of primary amides is 1. The molecule has 1 amide bonds. The number of carbonyl (C=O) groups is 1. The third kappa shape index (κ3) is 1.70. The van der Waals surface area contributed by atoms with Crippen molar-refractivity contribution in [1.29, 1.82) is 0 Å². The van der Waals surface area contributed by atoms with Crippen LogP contribution in [-0.2, 0) is 4.79 Å². The Bertz CT molecular complexity index is 395. The maximum atomic E-state index is 11.3. The minimum Gasteiger partial charge on any atom is -0.395 e. The number of nitrogens with two attached hydrogens (primary N) is 1. The van der Waals surface area contributed by atoms with Crippen molar-refractivity contribution in [3.05, 3.63) is 35.9 Å². The smallest absolute Gasteiger partial charge is 0.226 e. The quantitative estimate of drug-likeness (QED) is 0.782. The van der Waals surface area contributed by atoms with Crippen LogP contribution in [0.3, 0.4) is 0 Å². The SMILES string of the molecule is NC(=O)C1(CO)CC1C(Cl)c1ccccc1. The molecule has 86 valence electrons. The van der Waals surface area contributed by atoms with Crippen LogP contribution in [0.5, 0.6) is 0 Å². The first-order valence-electron chi connectivity index (χ1n) is 5.21. The number of halogens is 1. The molecule has 3 N–H and O–H groups in total. The summed E-state index contributed by atoms with van der Waals surface area (Å²) in [6.07, 6.45) is 0.571. The van der Waals surface area contributed by atoms with Crippen LogP contribution in [0.4, 0.5) is 0 Å². The number of carbonyl (C=O) groups excluding carboxylic acids is 1. The lowest BCUT2D eigenvalue weighted by molar-refractivity contribution is -0.125. The average molecular weight is 240 g/mol. The fraction of sp³-hybridized carbons (Fsp3) is 0.417. The molecule has 1 saturated carbocycles. The molecule has 3 atom stereocenters. The van der Waals surface area contributed by atoms with Crippen molar-refractivity contribution in [2.75, 3.05) is 6.61 Å². The van der Waals surface area contributed by atoms with Gasteiger partial charge in [0.2, 0.25) is 5.91 Å². The van der Waals surface area contributed by atoms with Crippen molar-refractivity contribution in [3.8, 4) is 0 Å². The van der Waals surface area contributed by atoms with E-state index in [-0.39, 0.29) is 17.9 Å². The van der Waals surface area contributed by atoms with Gasteiger partial charge in [-0.15, -0.1) is 11.6 Å². The van der Waals surface area contributed by atoms with Gasteiger partial charge in [-0.1, -0.05) is 30.3 Å². The molecule has 4 heteroatoms. The molecule has 16 heavy (non-hydrogen) atoms. The summed E-state index contributed by atoms with van der Waals surface area (Å²) in [5.41, 5.74) is 5.45. The summed E-state index contributed by atoms with van der Waals surface area (Å²) in [4.78, 5) is 11.3. The minimum atomic E-state index is -0.803. The van der Waals surface area contributed by atoms with Crippen molar-refractivity contribution in [3.63, 3.8) is 0 Å². The standard InChI is InChI=1S/C12H14ClNO2/c13-10(8-4-2-1-3-5-8)9-6-12(9,7-15)11(14)16/h1-5,9-10,15H,6-7H2,(H2,14,16). The Morgan fingerprint density at radius 1 is 1.56 bits per heavy atom. The fourth-order valence-electron chi connectivity index (χ4n) is 2.13. The van der Waals surface area contributed by atoms with Crippen LogP contribution in [0.15, 0.2) is 30.3 Å². The third-order valence-electron chi connectivity index (χ3n) is 3.38. The van der Waals surface area contributed by atoms with E-state index in [1.807, 2.05) is 30.3 Å². The predicted octanol–water partition coefficient (Wildman–Crippen LogP) is 1.45. The summed E-state index contributed by atoms with van der Waals surface area (Å²) >= 11 is 6.29. The highest BCUT2D eigenvalue weighted by Gasteiger charge is 2.61. The van der Waals surface area contributed by atoms with Gasteiger partial charge in [0.1, 0.15) is 0 Å². The molecule has 0 spiro atoms. The summed E-state index contributed by atoms with van der Waals surface area (Å²) in [6.45, 7) is -0.219. The molecule has 3 unspecified atom stereocenters. The predicted molar refractivity (Wildman–Crippen MR) is 61.9 cm³/mol. The molecule has 0 aromatic heterocycles. The van der Waals surface area contributed by atoms with Gasteiger partial charge in [-0.25, -0.2) is 0 Å². The molecule has 1 aromatic carbocycles. The van der Waals surface area contributed by atoms with E-state index in [1.165, 1.54) is 0 Å². The summed E-state index contributed by atoms with van der Waals surface area (Å²) in [5.74, 6) is -0.513. The van der Waals surface area contributed by atoms with Gasteiger partial charge in [0.25, 0.3) is 0 Å². The molecule has 1 aromatic rings. The highest BCUT2D eigenvalue weighted by Crippen LogP contribution is 2.60. The average Bonchev–Trinajstić information content (AvgIpc) is 3.05. The molecule has 1 aliphatic carbocycles. The molecule has 0 bridgehead atoms. The van der Waals surface area contributed by atoms with Crippen LogP contribution < -0.4 is 5.73 Å². The molecule has 1 fully saturated rings. The van der Waals surface area contributed by atoms with E-state index in [0.717, 1.165) is 5.56 Å². The van der Waals surface area contributed by atoms with E-state index in [4.69, 9.17) is 17.3 Å². The molecule has 0 heterocycles. The number of alkyl halides is 1. The topological polar surface area (TPSA) is 63.3 Å². The number of aliphatic hydroxyl groups excluding tert-OH is 1. The Balaban J connectivity index is 2.15. The van der Waals surface area contributed by atoms with Crippen molar-refractivity contribution in [1.82, 2.24) is 0 Å². The first-order chi connectivity index (χ1) is 7.62. The third-order valence-corrected chi connectivity index (χ3v) is 3.93. The Morgan fingerprint density at radius 2 is 2.19 bits per heavy atom. The van der Waals surface area contributed by atoms with Crippen molar-refractivity contribution in [2.45, 2.75) is 11.8 Å². The monoisotopic (exact) mass is 239 g/mol. The van der Waals surface area contributed by atoms with Gasteiger partial charge >= 0.3 is 0 Å². The lowest BCUT2D eigenvalue weighted by Gasteiger charge is -2.14. The number of rotatable bonds is 4. The van der Waals surface area contributed by atoms with Gasteiger partial charge in [0, 0.05) is 0 Å². The molecule has 1 aliphatic rings. The van der Waals surface area contributed by atoms with E-state index in [2.05, 4.69) is 0 Å². The lowest BCUT2D eigenvalue weighted by Crippen LogP contribution is -2.30. The van der Waals surface area contributed by atoms with E-state index < -0.39 is 11.3 Å². The number of aliphatic hydroxyl groups is 1. The maximum absolute atomic E-state index is 11.3. The highest BCUT2D eigenvalue weighted by molar-refractivity contribution is 6.21. The van der Waals surface area contributed by atoms with E-state index in [1.54, 1.807) is 0 Å². The van der Waals surface area contributed by atoms with Crippen molar-refractivity contribution >= 4 is 17.5 Å². The largest absolute Gasteiger partial charge is 0.395 e. The van der Waals surface area contributed by atoms with Gasteiger partial charge in [-0.05, 0) is 17.9 Å². The van der Waals surface area contributed by atoms with Crippen LogP contribution in [-0.4, -0.2) is 17.6 Å². The zero-order valence-corrected chi connectivity index (χ0v) is 9.52. The summed E-state index contributed by atoms with van der Waals surface area (Å²) < 4.78 is 0. The zero-order valence-electron chi connectivity index (χ0n) is 8.77. The second-order valence-corrected chi connectivity index (χ2v) is 4.77. The normalized spacial score (nSPS) is 29.8. The summed E-state index contributed by atoms with van der Waals surface area (Å²) in [7, 11) is 0. The molecular formula is C12H14ClNO2. The van der Waals surface area contributed by atoms with Crippen LogP contribution in [0, 0.1) is 11.3 Å². The first-order valence-corrected chi connectivity index (χ1v) is 5.65. The summed E-state index contributed by atoms with van der Waals surface area (Å²) in [5, 5.41) is 8.97. The van der Waals surface area contributed by atoms with Crippen LogP contribution in [0.2, 0.25) is 0 Å². The van der Waals surface area contributed by atoms with Crippen LogP contribution in [0.25, 0.3) is 0 Å².